The number of furan rings is 1. The van der Waals surface area contributed by atoms with Crippen LogP contribution in [0.3, 0.4) is 0 Å². The normalized spacial score (nSPS) is 15.6. The van der Waals surface area contributed by atoms with E-state index in [0.717, 1.165) is 17.8 Å². The number of nitrogens with two attached hydrogens (primary N) is 1. The highest BCUT2D eigenvalue weighted by Gasteiger charge is 2.16. The van der Waals surface area contributed by atoms with Crippen LogP contribution in [0.1, 0.15) is 44.8 Å². The average Bonchev–Trinajstić information content (AvgIpc) is 3.20. The Morgan fingerprint density at radius 1 is 1.44 bits per heavy atom. The van der Waals surface area contributed by atoms with E-state index in [1.807, 2.05) is 12.1 Å². The summed E-state index contributed by atoms with van der Waals surface area (Å²) in [6, 6.07) is 4.05. The zero-order valence-corrected chi connectivity index (χ0v) is 15.1. The zero-order valence-electron chi connectivity index (χ0n) is 14.2. The second-order valence-electron chi connectivity index (χ2n) is 6.12. The maximum atomic E-state index is 11.0. The number of amides is 1. The van der Waals surface area contributed by atoms with Crippen molar-refractivity contribution in [3.05, 3.63) is 17.9 Å². The van der Waals surface area contributed by atoms with E-state index in [2.05, 4.69) is 20.6 Å². The number of hydrogen-bond acceptors (Lipinski definition) is 6. The molecule has 1 saturated carbocycles. The Bertz CT molecular complexity index is 746. The second-order valence-corrected chi connectivity index (χ2v) is 7.15. The molecule has 0 spiro atoms. The van der Waals surface area contributed by atoms with Crippen molar-refractivity contribution >= 4 is 33.7 Å². The van der Waals surface area contributed by atoms with Crippen LogP contribution in [-0.4, -0.2) is 23.3 Å². The number of nitrogens with zero attached hydrogens (tertiary/aromatic N) is 2. The number of carbonyl (C=O) groups excluding carboxylic acids is 1. The van der Waals surface area contributed by atoms with Gasteiger partial charge in [-0.2, -0.15) is 0 Å². The number of hydrogen-bond donors (Lipinski definition) is 3. The van der Waals surface area contributed by atoms with Gasteiger partial charge in [-0.05, 0) is 25.0 Å². The van der Waals surface area contributed by atoms with E-state index in [-0.39, 0.29) is 5.91 Å². The standard InChI is InChI=1S/C17H23N5O2S/c1-11(23)19-9-13-7-8-14(24-13)15-16(25-17(18)22-15)21-10-20-12-5-3-2-4-6-12/h7-8,10,12H,2-6,9H2,1H3,(H2,18,22)(H,19,23)(H,20,21). The minimum absolute atomic E-state index is 0.0999. The van der Waals surface area contributed by atoms with Crippen molar-refractivity contribution in [2.75, 3.05) is 11.1 Å². The largest absolute Gasteiger partial charge is 0.457 e. The van der Waals surface area contributed by atoms with Gasteiger partial charge >= 0.3 is 0 Å². The van der Waals surface area contributed by atoms with Gasteiger partial charge in [0.25, 0.3) is 0 Å². The van der Waals surface area contributed by atoms with Gasteiger partial charge in [0, 0.05) is 6.92 Å². The highest BCUT2D eigenvalue weighted by atomic mass is 32.1. The van der Waals surface area contributed by atoms with Crippen LogP contribution in [0.5, 0.6) is 0 Å². The molecule has 0 unspecified atom stereocenters. The van der Waals surface area contributed by atoms with Crippen molar-refractivity contribution in [2.45, 2.75) is 51.6 Å². The Labute approximate surface area is 150 Å². The summed E-state index contributed by atoms with van der Waals surface area (Å²) in [5.41, 5.74) is 6.52. The molecule has 1 amide bonds. The lowest BCUT2D eigenvalue weighted by molar-refractivity contribution is -0.119. The number of rotatable bonds is 6. The van der Waals surface area contributed by atoms with Gasteiger partial charge < -0.3 is 20.8 Å². The number of aromatic nitrogens is 1. The number of aliphatic imine (C=N–C) groups is 1. The van der Waals surface area contributed by atoms with Crippen molar-refractivity contribution < 1.29 is 9.21 Å². The van der Waals surface area contributed by atoms with Crippen molar-refractivity contribution in [3.63, 3.8) is 0 Å². The van der Waals surface area contributed by atoms with Gasteiger partial charge in [-0.3, -0.25) is 9.79 Å². The molecule has 7 nitrogen and oxygen atoms in total. The SMILES string of the molecule is CC(=O)NCc1ccc(-c2nc(N)sc2NC=NC2CCCCC2)o1. The maximum absolute atomic E-state index is 11.0. The number of anilines is 2. The van der Waals surface area contributed by atoms with Gasteiger partial charge in [0.15, 0.2) is 10.9 Å². The molecular formula is C17H23N5O2S. The van der Waals surface area contributed by atoms with Crippen molar-refractivity contribution in [2.24, 2.45) is 4.99 Å². The van der Waals surface area contributed by atoms with E-state index in [4.69, 9.17) is 10.2 Å². The Morgan fingerprint density at radius 2 is 2.24 bits per heavy atom. The molecule has 4 N–H and O–H groups in total. The average molecular weight is 361 g/mol. The van der Waals surface area contributed by atoms with Crippen LogP contribution < -0.4 is 16.4 Å². The topological polar surface area (TPSA) is 106 Å². The summed E-state index contributed by atoms with van der Waals surface area (Å²) < 4.78 is 5.76. The van der Waals surface area contributed by atoms with E-state index in [1.165, 1.54) is 37.5 Å². The number of carbonyl (C=O) groups is 1. The summed E-state index contributed by atoms with van der Waals surface area (Å²) in [6.07, 6.45) is 7.87. The molecular weight excluding hydrogens is 338 g/mol. The van der Waals surface area contributed by atoms with Crippen molar-refractivity contribution in [1.82, 2.24) is 10.3 Å². The third-order valence-electron chi connectivity index (χ3n) is 4.11. The summed E-state index contributed by atoms with van der Waals surface area (Å²) in [4.78, 5) is 19.9. The number of nitrogen functional groups attached to an aromatic ring is 1. The van der Waals surface area contributed by atoms with Crippen molar-refractivity contribution in [1.29, 1.82) is 0 Å². The fourth-order valence-electron chi connectivity index (χ4n) is 2.84. The summed E-state index contributed by atoms with van der Waals surface area (Å²) in [6.45, 7) is 1.82. The maximum Gasteiger partial charge on any atom is 0.217 e. The molecule has 3 rings (SSSR count). The summed E-state index contributed by atoms with van der Waals surface area (Å²) in [7, 11) is 0. The number of thiazole rings is 1. The molecule has 25 heavy (non-hydrogen) atoms. The lowest BCUT2D eigenvalue weighted by Gasteiger charge is -2.16. The van der Waals surface area contributed by atoms with Gasteiger partial charge in [0.1, 0.15) is 16.5 Å². The molecule has 1 aliphatic carbocycles. The molecule has 0 bridgehead atoms. The van der Waals surface area contributed by atoms with E-state index >= 15 is 0 Å². The molecule has 0 aromatic carbocycles. The molecule has 0 saturated heterocycles. The monoisotopic (exact) mass is 361 g/mol. The molecule has 0 aliphatic heterocycles. The Balaban J connectivity index is 1.68. The molecule has 2 aromatic rings. The minimum atomic E-state index is -0.0999. The van der Waals surface area contributed by atoms with Crippen molar-refractivity contribution in [3.8, 4) is 11.5 Å². The Kier molecular flexibility index (Phi) is 5.70. The molecule has 2 heterocycles. The lowest BCUT2D eigenvalue weighted by atomic mass is 9.96. The van der Waals surface area contributed by atoms with Crippen LogP contribution in [0.2, 0.25) is 0 Å². The smallest absolute Gasteiger partial charge is 0.217 e. The van der Waals surface area contributed by atoms with Gasteiger partial charge in [0.05, 0.1) is 18.9 Å². The van der Waals surface area contributed by atoms with E-state index in [9.17, 15) is 4.79 Å². The first kappa shape index (κ1) is 17.5. The molecule has 0 radical (unpaired) electrons. The van der Waals surface area contributed by atoms with Crippen LogP contribution in [0.25, 0.3) is 11.5 Å². The third-order valence-corrected chi connectivity index (χ3v) is 4.92. The molecule has 134 valence electrons. The number of nitrogens with one attached hydrogen (secondary N) is 2. The van der Waals surface area contributed by atoms with Gasteiger partial charge in [-0.25, -0.2) is 4.98 Å². The fourth-order valence-corrected chi connectivity index (χ4v) is 3.55. The van der Waals surface area contributed by atoms with Crippen LogP contribution in [0.15, 0.2) is 21.5 Å². The van der Waals surface area contributed by atoms with E-state index in [0.29, 0.717) is 34.9 Å². The van der Waals surface area contributed by atoms with Crippen LogP contribution in [-0.2, 0) is 11.3 Å². The van der Waals surface area contributed by atoms with Crippen LogP contribution in [0.4, 0.5) is 10.1 Å². The van der Waals surface area contributed by atoms with Gasteiger partial charge in [-0.15, -0.1) is 0 Å². The fraction of sp³-hybridized carbons (Fsp3) is 0.471. The second kappa shape index (κ2) is 8.15. The Hall–Kier alpha value is -2.35. The zero-order chi connectivity index (χ0) is 17.6. The summed E-state index contributed by atoms with van der Waals surface area (Å²) in [5.74, 6) is 1.18. The summed E-state index contributed by atoms with van der Waals surface area (Å²) in [5, 5.41) is 7.16. The van der Waals surface area contributed by atoms with E-state index < -0.39 is 0 Å². The quantitative estimate of drug-likeness (QED) is 0.540. The van der Waals surface area contributed by atoms with Gasteiger partial charge in [0.2, 0.25) is 5.91 Å². The van der Waals surface area contributed by atoms with E-state index in [1.54, 1.807) is 6.34 Å². The predicted molar refractivity (Wildman–Crippen MR) is 101 cm³/mol. The third kappa shape index (κ3) is 4.82. The van der Waals surface area contributed by atoms with Gasteiger partial charge in [-0.1, -0.05) is 30.6 Å². The highest BCUT2D eigenvalue weighted by molar-refractivity contribution is 7.20. The first-order valence-electron chi connectivity index (χ1n) is 8.50. The predicted octanol–water partition coefficient (Wildman–Crippen LogP) is 3.39. The first-order valence-corrected chi connectivity index (χ1v) is 9.31. The molecule has 0 atom stereocenters. The molecule has 8 heteroatoms. The van der Waals surface area contributed by atoms with Crippen LogP contribution >= 0.6 is 11.3 Å². The lowest BCUT2D eigenvalue weighted by Crippen LogP contribution is -2.18. The Morgan fingerprint density at radius 3 is 3.00 bits per heavy atom. The molecule has 1 aliphatic rings. The molecule has 2 aromatic heterocycles. The van der Waals surface area contributed by atoms with Crippen LogP contribution in [0, 0.1) is 0 Å². The minimum Gasteiger partial charge on any atom is -0.457 e. The summed E-state index contributed by atoms with van der Waals surface area (Å²) >= 11 is 1.36. The molecule has 1 fully saturated rings. The first-order chi connectivity index (χ1) is 12.1. The highest BCUT2D eigenvalue weighted by Crippen LogP contribution is 2.35.